The molecule has 0 spiro atoms. The van der Waals surface area contributed by atoms with Crippen LogP contribution in [0.5, 0.6) is 0 Å². The van der Waals surface area contributed by atoms with E-state index in [2.05, 4.69) is 26.0 Å². The smallest absolute Gasteiger partial charge is 0.271 e. The van der Waals surface area contributed by atoms with Crippen LogP contribution in [-0.2, 0) is 5.92 Å². The van der Waals surface area contributed by atoms with Gasteiger partial charge in [0, 0.05) is 15.6 Å². The lowest BCUT2D eigenvalue weighted by atomic mass is 9.81. The van der Waals surface area contributed by atoms with Crippen molar-refractivity contribution in [2.45, 2.75) is 25.3 Å². The molecule has 0 saturated heterocycles. The van der Waals surface area contributed by atoms with E-state index in [9.17, 15) is 18.4 Å². The Morgan fingerprint density at radius 2 is 1.96 bits per heavy atom. The molecule has 0 bridgehead atoms. The van der Waals surface area contributed by atoms with Crippen LogP contribution in [0.4, 0.5) is 13.2 Å². The quantitative estimate of drug-likeness (QED) is 0.552. The molecule has 0 unspecified atom stereocenters. The summed E-state index contributed by atoms with van der Waals surface area (Å²) in [7, 11) is 0. The zero-order valence-corrected chi connectivity index (χ0v) is 15.9. The molecule has 3 heterocycles. The maximum atomic E-state index is 14.9. The number of benzene rings is 1. The van der Waals surface area contributed by atoms with Crippen LogP contribution in [0.1, 0.15) is 36.2 Å². The van der Waals surface area contributed by atoms with Crippen LogP contribution in [0, 0.1) is 17.1 Å². The molecule has 2 aromatic heterocycles. The molecule has 0 radical (unpaired) electrons. The van der Waals surface area contributed by atoms with E-state index in [4.69, 9.17) is 0 Å². The molecule has 1 aromatic carbocycles. The summed E-state index contributed by atoms with van der Waals surface area (Å²) < 4.78 is 46.2. The molecule has 4 nitrogen and oxygen atoms in total. The van der Waals surface area contributed by atoms with Crippen LogP contribution in [0.15, 0.2) is 46.0 Å². The van der Waals surface area contributed by atoms with Crippen molar-refractivity contribution in [3.05, 3.63) is 69.2 Å². The molecule has 1 aliphatic rings. The van der Waals surface area contributed by atoms with Crippen LogP contribution in [0.25, 0.3) is 5.52 Å². The lowest BCUT2D eigenvalue weighted by Gasteiger charge is -2.37. The third-order valence-corrected chi connectivity index (χ3v) is 5.33. The van der Waals surface area contributed by atoms with E-state index in [0.717, 1.165) is 6.07 Å². The van der Waals surface area contributed by atoms with Gasteiger partial charge in [-0.3, -0.25) is 4.99 Å². The fraction of sp³-hybridized carbons (Fsp3) is 0.211. The van der Waals surface area contributed by atoms with Gasteiger partial charge in [0.25, 0.3) is 0 Å². The first-order valence-electron chi connectivity index (χ1n) is 8.02. The molecule has 4 rings (SSSR count). The highest BCUT2D eigenvalue weighted by Gasteiger charge is 2.54. The SMILES string of the molecule is CC1(C)N=C(c2cnn3c(C#N)cc(Br)c3c2)c2cccc(F)c2C1(F)F. The maximum absolute atomic E-state index is 14.9. The Morgan fingerprint density at radius 1 is 1.22 bits per heavy atom. The van der Waals surface area contributed by atoms with Crippen molar-refractivity contribution in [1.82, 2.24) is 9.61 Å². The largest absolute Gasteiger partial charge is 0.300 e. The number of aliphatic imine (C=N–C) groups is 1. The monoisotopic (exact) mass is 432 g/mol. The summed E-state index contributed by atoms with van der Waals surface area (Å²) in [4.78, 5) is 4.25. The predicted octanol–water partition coefficient (Wildman–Crippen LogP) is 4.83. The van der Waals surface area contributed by atoms with Crippen molar-refractivity contribution in [3.8, 4) is 6.07 Å². The van der Waals surface area contributed by atoms with Gasteiger partial charge in [-0.25, -0.2) is 8.91 Å². The molecule has 0 fully saturated rings. The van der Waals surface area contributed by atoms with Crippen molar-refractivity contribution in [2.75, 3.05) is 0 Å². The van der Waals surface area contributed by atoms with E-state index >= 15 is 0 Å². The third-order valence-electron chi connectivity index (χ3n) is 4.70. The number of nitrogens with zero attached hydrogens (tertiary/aromatic N) is 4. The van der Waals surface area contributed by atoms with E-state index in [0.29, 0.717) is 21.2 Å². The zero-order valence-electron chi connectivity index (χ0n) is 14.3. The summed E-state index contributed by atoms with van der Waals surface area (Å²) in [5.41, 5.74) is -0.850. The summed E-state index contributed by atoms with van der Waals surface area (Å²) in [6, 6.07) is 9.16. The number of hydrogen-bond donors (Lipinski definition) is 0. The Balaban J connectivity index is 2.01. The highest BCUT2D eigenvalue weighted by Crippen LogP contribution is 2.47. The molecule has 0 atom stereocenters. The molecule has 3 aromatic rings. The van der Waals surface area contributed by atoms with E-state index < -0.39 is 22.8 Å². The van der Waals surface area contributed by atoms with Crippen LogP contribution < -0.4 is 0 Å². The van der Waals surface area contributed by atoms with Crippen LogP contribution >= 0.6 is 15.9 Å². The lowest BCUT2D eigenvalue weighted by molar-refractivity contribution is -0.0710. The second-order valence-electron chi connectivity index (χ2n) is 6.79. The molecular weight excluding hydrogens is 421 g/mol. The Hall–Kier alpha value is -2.66. The minimum absolute atomic E-state index is 0.0358. The average Bonchev–Trinajstić information content (AvgIpc) is 2.94. The standard InChI is InChI=1S/C19H12BrF3N4/c1-18(2)19(22,23)16-12(4-3-5-14(16)21)17(26-18)10-6-15-13(20)7-11(8-24)27(15)25-9-10/h3-7,9H,1-2H3. The number of nitriles is 1. The molecular formula is C19H12BrF3N4. The summed E-state index contributed by atoms with van der Waals surface area (Å²) in [5.74, 6) is -4.43. The van der Waals surface area contributed by atoms with Crippen LogP contribution in [-0.4, -0.2) is 20.9 Å². The molecule has 8 heteroatoms. The van der Waals surface area contributed by atoms with Gasteiger partial charge >= 0.3 is 5.92 Å². The molecule has 136 valence electrons. The van der Waals surface area contributed by atoms with E-state index in [1.165, 1.54) is 36.7 Å². The number of aromatic nitrogens is 2. The van der Waals surface area contributed by atoms with Gasteiger partial charge < -0.3 is 0 Å². The van der Waals surface area contributed by atoms with E-state index in [-0.39, 0.29) is 11.3 Å². The average molecular weight is 433 g/mol. The van der Waals surface area contributed by atoms with E-state index in [1.54, 1.807) is 12.1 Å². The van der Waals surface area contributed by atoms with Gasteiger partial charge in [-0.05, 0) is 48.0 Å². The zero-order chi connectivity index (χ0) is 19.6. The number of alkyl halides is 2. The molecule has 0 aliphatic carbocycles. The number of rotatable bonds is 1. The molecule has 0 saturated carbocycles. The van der Waals surface area contributed by atoms with Crippen LogP contribution in [0.2, 0.25) is 0 Å². The number of fused-ring (bicyclic) bond motifs is 2. The highest BCUT2D eigenvalue weighted by molar-refractivity contribution is 9.10. The molecule has 0 amide bonds. The third kappa shape index (κ3) is 2.42. The van der Waals surface area contributed by atoms with Gasteiger partial charge in [0.15, 0.2) is 0 Å². The first-order chi connectivity index (χ1) is 12.7. The minimum Gasteiger partial charge on any atom is -0.271 e. The Bertz CT molecular complexity index is 1170. The van der Waals surface area contributed by atoms with Crippen molar-refractivity contribution in [1.29, 1.82) is 5.26 Å². The summed E-state index contributed by atoms with van der Waals surface area (Å²) >= 11 is 3.37. The first kappa shape index (κ1) is 17.7. The second-order valence-corrected chi connectivity index (χ2v) is 7.64. The summed E-state index contributed by atoms with van der Waals surface area (Å²) in [6.45, 7) is 2.55. The van der Waals surface area contributed by atoms with Gasteiger partial charge in [0.2, 0.25) is 0 Å². The molecule has 0 N–H and O–H groups in total. The van der Waals surface area contributed by atoms with E-state index in [1.807, 2.05) is 6.07 Å². The highest BCUT2D eigenvalue weighted by atomic mass is 79.9. The van der Waals surface area contributed by atoms with Crippen LogP contribution in [0.3, 0.4) is 0 Å². The molecule has 27 heavy (non-hydrogen) atoms. The van der Waals surface area contributed by atoms with Crippen molar-refractivity contribution in [2.24, 2.45) is 4.99 Å². The van der Waals surface area contributed by atoms with Gasteiger partial charge in [-0.2, -0.15) is 19.1 Å². The van der Waals surface area contributed by atoms with Gasteiger partial charge in [-0.1, -0.05) is 12.1 Å². The Morgan fingerprint density at radius 3 is 2.67 bits per heavy atom. The first-order valence-corrected chi connectivity index (χ1v) is 8.81. The predicted molar refractivity (Wildman–Crippen MR) is 97.6 cm³/mol. The lowest BCUT2D eigenvalue weighted by Crippen LogP contribution is -2.44. The molecule has 1 aliphatic heterocycles. The van der Waals surface area contributed by atoms with Gasteiger partial charge in [-0.15, -0.1) is 0 Å². The van der Waals surface area contributed by atoms with Gasteiger partial charge in [0.1, 0.15) is 23.1 Å². The Kier molecular flexibility index (Phi) is 3.72. The fourth-order valence-corrected chi connectivity index (χ4v) is 3.73. The maximum Gasteiger partial charge on any atom is 0.300 e. The van der Waals surface area contributed by atoms with Crippen molar-refractivity contribution < 1.29 is 13.2 Å². The Labute approximate surface area is 161 Å². The van der Waals surface area contributed by atoms with Crippen molar-refractivity contribution >= 4 is 27.2 Å². The second kappa shape index (κ2) is 5.67. The summed E-state index contributed by atoms with van der Waals surface area (Å²) in [6.07, 6.45) is 1.44. The minimum atomic E-state index is -3.46. The van der Waals surface area contributed by atoms with Crippen molar-refractivity contribution in [3.63, 3.8) is 0 Å². The number of hydrogen-bond acceptors (Lipinski definition) is 3. The fourth-order valence-electron chi connectivity index (χ4n) is 3.23. The summed E-state index contributed by atoms with van der Waals surface area (Å²) in [5, 5.41) is 13.4. The number of halogens is 4. The van der Waals surface area contributed by atoms with Gasteiger partial charge in [0.05, 0.1) is 23.0 Å². The topological polar surface area (TPSA) is 53.5 Å². The normalized spacial score (nSPS) is 17.3.